The molecule has 0 bridgehead atoms. The van der Waals surface area contributed by atoms with Crippen LogP contribution in [-0.2, 0) is 0 Å². The molecule has 0 amide bonds. The maximum Gasteiger partial charge on any atom is 0.335 e. The Morgan fingerprint density at radius 3 is 2.24 bits per heavy atom. The highest BCUT2D eigenvalue weighted by Gasteiger charge is 2.08. The Hall–Kier alpha value is -1.98. The van der Waals surface area contributed by atoms with Gasteiger partial charge in [-0.2, -0.15) is 0 Å². The third kappa shape index (κ3) is 3.04. The molecule has 5 heteroatoms. The Morgan fingerprint density at radius 1 is 1.00 bits per heavy atom. The molecule has 0 aliphatic carbocycles. The van der Waals surface area contributed by atoms with Crippen LogP contribution in [0.25, 0.3) is 21.8 Å². The van der Waals surface area contributed by atoms with Gasteiger partial charge < -0.3 is 5.11 Å². The van der Waals surface area contributed by atoms with Gasteiger partial charge in [0.2, 0.25) is 0 Å². The minimum Gasteiger partial charge on any atom is -0.478 e. The molecule has 0 saturated heterocycles. The lowest BCUT2D eigenvalue weighted by atomic mass is 10.1. The minimum absolute atomic E-state index is 0.281. The number of carboxylic acids is 1. The summed E-state index contributed by atoms with van der Waals surface area (Å²) in [6.07, 6.45) is 0. The van der Waals surface area contributed by atoms with E-state index in [9.17, 15) is 4.79 Å². The predicted octanol–water partition coefficient (Wildman–Crippen LogP) is 4.94. The number of halogens is 1. The summed E-state index contributed by atoms with van der Waals surface area (Å²) in [5.74, 6) is -0.920. The predicted molar refractivity (Wildman–Crippen MR) is 87.6 cm³/mol. The van der Waals surface area contributed by atoms with Crippen LogP contribution in [-0.4, -0.2) is 16.1 Å². The quantitative estimate of drug-likeness (QED) is 0.720. The van der Waals surface area contributed by atoms with Crippen molar-refractivity contribution in [1.82, 2.24) is 4.98 Å². The van der Waals surface area contributed by atoms with Crippen LogP contribution in [0.2, 0.25) is 0 Å². The number of rotatable bonds is 3. The van der Waals surface area contributed by atoms with E-state index in [4.69, 9.17) is 5.11 Å². The number of carboxylic acid groups (broad SMARTS) is 1. The maximum absolute atomic E-state index is 10.8. The van der Waals surface area contributed by atoms with Crippen LogP contribution in [0.5, 0.6) is 0 Å². The van der Waals surface area contributed by atoms with Crippen LogP contribution in [0.4, 0.5) is 0 Å². The molecule has 1 N–H and O–H groups in total. The van der Waals surface area contributed by atoms with Gasteiger partial charge in [-0.1, -0.05) is 40.2 Å². The highest BCUT2D eigenvalue weighted by atomic mass is 79.9. The van der Waals surface area contributed by atoms with Crippen LogP contribution in [0, 0.1) is 0 Å². The van der Waals surface area contributed by atoms with Crippen LogP contribution >= 0.6 is 27.3 Å². The third-order valence-electron chi connectivity index (χ3n) is 3.02. The fourth-order valence-electron chi connectivity index (χ4n) is 1.91. The molecule has 0 aliphatic rings. The van der Waals surface area contributed by atoms with Crippen LogP contribution in [0.1, 0.15) is 10.4 Å². The Bertz CT molecular complexity index is 779. The van der Waals surface area contributed by atoms with Crippen molar-refractivity contribution in [3.05, 3.63) is 63.9 Å². The van der Waals surface area contributed by atoms with Gasteiger partial charge in [-0.25, -0.2) is 9.78 Å². The average molecular weight is 360 g/mol. The van der Waals surface area contributed by atoms with Gasteiger partial charge in [0.15, 0.2) is 0 Å². The Labute approximate surface area is 134 Å². The summed E-state index contributed by atoms with van der Waals surface area (Å²) in [6, 6.07) is 14.7. The van der Waals surface area contributed by atoms with E-state index in [1.165, 1.54) is 0 Å². The molecular formula is C16H10BrNO2S. The number of thiazole rings is 1. The van der Waals surface area contributed by atoms with E-state index in [2.05, 4.69) is 20.9 Å². The van der Waals surface area contributed by atoms with E-state index in [1.54, 1.807) is 35.6 Å². The van der Waals surface area contributed by atoms with Crippen molar-refractivity contribution in [3.63, 3.8) is 0 Å². The van der Waals surface area contributed by atoms with Gasteiger partial charge in [-0.15, -0.1) is 11.3 Å². The average Bonchev–Trinajstić information content (AvgIpc) is 2.98. The van der Waals surface area contributed by atoms with Crippen LogP contribution < -0.4 is 0 Å². The number of carbonyl (C=O) groups is 1. The van der Waals surface area contributed by atoms with Gasteiger partial charge in [-0.05, 0) is 24.3 Å². The van der Waals surface area contributed by atoms with Gasteiger partial charge in [0.1, 0.15) is 5.01 Å². The molecule has 0 fully saturated rings. The molecule has 0 radical (unpaired) electrons. The molecular weight excluding hydrogens is 350 g/mol. The number of aromatic carboxylic acids is 1. The first-order chi connectivity index (χ1) is 10.1. The first-order valence-corrected chi connectivity index (χ1v) is 7.86. The van der Waals surface area contributed by atoms with E-state index in [-0.39, 0.29) is 5.56 Å². The summed E-state index contributed by atoms with van der Waals surface area (Å²) in [5.41, 5.74) is 3.18. The molecule has 1 aromatic heterocycles. The third-order valence-corrected chi connectivity index (χ3v) is 4.44. The maximum atomic E-state index is 10.8. The SMILES string of the molecule is O=C(O)c1ccc(-c2nc(-c3ccc(Br)cc3)cs2)cc1. The zero-order valence-electron chi connectivity index (χ0n) is 10.8. The monoisotopic (exact) mass is 359 g/mol. The second-order valence-electron chi connectivity index (χ2n) is 4.43. The van der Waals surface area contributed by atoms with Gasteiger partial charge in [0.05, 0.1) is 11.3 Å². The van der Waals surface area contributed by atoms with Crippen molar-refractivity contribution in [2.75, 3.05) is 0 Å². The van der Waals surface area contributed by atoms with Crippen molar-refractivity contribution in [2.45, 2.75) is 0 Å². The molecule has 0 spiro atoms. The molecule has 0 aliphatic heterocycles. The first-order valence-electron chi connectivity index (χ1n) is 6.19. The lowest BCUT2D eigenvalue weighted by Gasteiger charge is -1.98. The molecule has 0 saturated carbocycles. The van der Waals surface area contributed by atoms with Gasteiger partial charge in [0.25, 0.3) is 0 Å². The summed E-state index contributed by atoms with van der Waals surface area (Å²) in [6.45, 7) is 0. The molecule has 1 heterocycles. The number of hydrogen-bond acceptors (Lipinski definition) is 3. The van der Waals surface area contributed by atoms with E-state index in [1.807, 2.05) is 29.6 Å². The molecule has 104 valence electrons. The van der Waals surface area contributed by atoms with Crippen molar-refractivity contribution in [3.8, 4) is 21.8 Å². The smallest absolute Gasteiger partial charge is 0.335 e. The summed E-state index contributed by atoms with van der Waals surface area (Å²) >= 11 is 4.96. The molecule has 3 nitrogen and oxygen atoms in total. The Morgan fingerprint density at radius 2 is 1.62 bits per heavy atom. The number of nitrogens with zero attached hydrogens (tertiary/aromatic N) is 1. The largest absolute Gasteiger partial charge is 0.478 e. The van der Waals surface area contributed by atoms with E-state index >= 15 is 0 Å². The van der Waals surface area contributed by atoms with Gasteiger partial charge in [-0.3, -0.25) is 0 Å². The first kappa shape index (κ1) is 14.0. The zero-order valence-corrected chi connectivity index (χ0v) is 13.2. The number of hydrogen-bond donors (Lipinski definition) is 1. The normalized spacial score (nSPS) is 10.5. The highest BCUT2D eigenvalue weighted by molar-refractivity contribution is 9.10. The number of aromatic nitrogens is 1. The van der Waals surface area contributed by atoms with Gasteiger partial charge in [0, 0.05) is 21.0 Å². The summed E-state index contributed by atoms with van der Waals surface area (Å²) in [5, 5.41) is 11.8. The molecule has 21 heavy (non-hydrogen) atoms. The second kappa shape index (κ2) is 5.79. The molecule has 3 aromatic rings. The topological polar surface area (TPSA) is 50.2 Å². The van der Waals surface area contributed by atoms with E-state index in [0.717, 1.165) is 26.3 Å². The van der Waals surface area contributed by atoms with Crippen molar-refractivity contribution in [2.24, 2.45) is 0 Å². The van der Waals surface area contributed by atoms with Crippen molar-refractivity contribution in [1.29, 1.82) is 0 Å². The van der Waals surface area contributed by atoms with Gasteiger partial charge >= 0.3 is 5.97 Å². The standard InChI is InChI=1S/C16H10BrNO2S/c17-13-7-5-10(6-8-13)14-9-21-15(18-14)11-1-3-12(4-2-11)16(19)20/h1-9H,(H,19,20). The van der Waals surface area contributed by atoms with E-state index < -0.39 is 5.97 Å². The summed E-state index contributed by atoms with van der Waals surface area (Å²) < 4.78 is 1.03. The Balaban J connectivity index is 1.90. The highest BCUT2D eigenvalue weighted by Crippen LogP contribution is 2.29. The van der Waals surface area contributed by atoms with Crippen molar-refractivity contribution >= 4 is 33.2 Å². The second-order valence-corrected chi connectivity index (χ2v) is 6.20. The lowest BCUT2D eigenvalue weighted by molar-refractivity contribution is 0.0697. The van der Waals surface area contributed by atoms with Crippen LogP contribution in [0.15, 0.2) is 58.4 Å². The zero-order chi connectivity index (χ0) is 14.8. The van der Waals surface area contributed by atoms with Crippen LogP contribution in [0.3, 0.4) is 0 Å². The van der Waals surface area contributed by atoms with Crippen molar-refractivity contribution < 1.29 is 9.90 Å². The molecule has 3 rings (SSSR count). The minimum atomic E-state index is -0.920. The summed E-state index contributed by atoms with van der Waals surface area (Å²) in [7, 11) is 0. The number of benzene rings is 2. The fourth-order valence-corrected chi connectivity index (χ4v) is 3.01. The molecule has 2 aromatic carbocycles. The fraction of sp³-hybridized carbons (Fsp3) is 0. The van der Waals surface area contributed by atoms with E-state index in [0.29, 0.717) is 0 Å². The molecule has 0 unspecified atom stereocenters. The lowest BCUT2D eigenvalue weighted by Crippen LogP contribution is -1.94. The molecule has 0 atom stereocenters. The Kier molecular flexibility index (Phi) is 3.86. The summed E-state index contributed by atoms with van der Waals surface area (Å²) in [4.78, 5) is 15.5.